The number of hydrogen-bond donors (Lipinski definition) is 2. The molecule has 1 aromatic carbocycles. The van der Waals surface area contributed by atoms with Crippen LogP contribution in [-0.4, -0.2) is 47.1 Å². The molecule has 1 aliphatic heterocycles. The lowest BCUT2D eigenvalue weighted by Gasteiger charge is -2.34. The summed E-state index contributed by atoms with van der Waals surface area (Å²) in [5.41, 5.74) is 2.81. The number of aryl methyl sites for hydroxylation is 1. The number of rotatable bonds is 4. The molecule has 1 fully saturated rings. The normalized spacial score (nSPS) is 17.8. The predicted molar refractivity (Wildman–Crippen MR) is 89.7 cm³/mol. The summed E-state index contributed by atoms with van der Waals surface area (Å²) in [7, 11) is 1.39. The maximum Gasteiger partial charge on any atom is 0.325 e. The van der Waals surface area contributed by atoms with Crippen molar-refractivity contribution in [2.75, 3.05) is 20.2 Å². The van der Waals surface area contributed by atoms with Crippen molar-refractivity contribution in [1.82, 2.24) is 9.88 Å². The molecule has 1 aromatic heterocycles. The van der Waals surface area contributed by atoms with Crippen molar-refractivity contribution in [3.63, 3.8) is 0 Å². The Labute approximate surface area is 140 Å². The molecular formula is C18H22N2O4. The number of aromatic amines is 1. The number of methoxy groups -OCH3 is 1. The summed E-state index contributed by atoms with van der Waals surface area (Å²) in [4.78, 5) is 28.7. The van der Waals surface area contributed by atoms with Crippen molar-refractivity contribution in [2.45, 2.75) is 25.8 Å². The molecule has 0 amide bonds. The van der Waals surface area contributed by atoms with E-state index < -0.39 is 12.0 Å². The smallest absolute Gasteiger partial charge is 0.325 e. The zero-order valence-electron chi connectivity index (χ0n) is 13.9. The van der Waals surface area contributed by atoms with Gasteiger partial charge in [0, 0.05) is 35.8 Å². The molecule has 3 rings (SSSR count). The van der Waals surface area contributed by atoms with Gasteiger partial charge in [-0.05, 0) is 31.9 Å². The van der Waals surface area contributed by atoms with E-state index in [-0.39, 0.29) is 11.9 Å². The van der Waals surface area contributed by atoms with E-state index in [0.717, 1.165) is 22.0 Å². The Hall–Kier alpha value is -2.34. The lowest BCUT2D eigenvalue weighted by Crippen LogP contribution is -2.41. The molecule has 6 nitrogen and oxygen atoms in total. The minimum Gasteiger partial charge on any atom is -0.480 e. The van der Waals surface area contributed by atoms with Gasteiger partial charge in [0.05, 0.1) is 13.0 Å². The summed E-state index contributed by atoms with van der Waals surface area (Å²) in [6.07, 6.45) is 3.03. The van der Waals surface area contributed by atoms with Gasteiger partial charge in [-0.3, -0.25) is 14.5 Å². The van der Waals surface area contributed by atoms with Gasteiger partial charge in [0.15, 0.2) is 0 Å². The maximum atomic E-state index is 12.0. The van der Waals surface area contributed by atoms with E-state index >= 15 is 0 Å². The molecular weight excluding hydrogens is 308 g/mol. The first-order valence-corrected chi connectivity index (χ1v) is 8.13. The van der Waals surface area contributed by atoms with Crippen LogP contribution in [0.1, 0.15) is 30.0 Å². The van der Waals surface area contributed by atoms with Gasteiger partial charge in [0.25, 0.3) is 0 Å². The molecule has 0 bridgehead atoms. The first kappa shape index (κ1) is 16.5. The van der Waals surface area contributed by atoms with E-state index in [1.54, 1.807) is 6.20 Å². The average molecular weight is 330 g/mol. The van der Waals surface area contributed by atoms with Crippen LogP contribution in [0.15, 0.2) is 24.4 Å². The fourth-order valence-electron chi connectivity index (χ4n) is 3.53. The first-order valence-electron chi connectivity index (χ1n) is 8.13. The molecule has 24 heavy (non-hydrogen) atoms. The molecule has 1 aliphatic rings. The monoisotopic (exact) mass is 330 g/mol. The molecule has 1 atom stereocenters. The zero-order chi connectivity index (χ0) is 17.3. The van der Waals surface area contributed by atoms with Crippen LogP contribution in [0.3, 0.4) is 0 Å². The molecule has 128 valence electrons. The molecule has 1 unspecified atom stereocenters. The van der Waals surface area contributed by atoms with Gasteiger partial charge in [-0.2, -0.15) is 0 Å². The van der Waals surface area contributed by atoms with E-state index in [0.29, 0.717) is 25.9 Å². The fraction of sp³-hybridized carbons (Fsp3) is 0.444. The highest BCUT2D eigenvalue weighted by Gasteiger charge is 2.34. The Kier molecular flexibility index (Phi) is 4.57. The number of carbonyl (C=O) groups is 2. The number of carboxylic acid groups (broad SMARTS) is 1. The topological polar surface area (TPSA) is 82.6 Å². The van der Waals surface area contributed by atoms with Gasteiger partial charge < -0.3 is 14.8 Å². The number of aliphatic carboxylic acids is 1. The molecule has 2 N–H and O–H groups in total. The van der Waals surface area contributed by atoms with Crippen LogP contribution in [0, 0.1) is 12.8 Å². The number of piperidine rings is 1. The third-order valence-corrected chi connectivity index (χ3v) is 4.83. The number of carboxylic acids is 1. The van der Waals surface area contributed by atoms with Crippen LogP contribution in [-0.2, 0) is 14.3 Å². The number of carbonyl (C=O) groups excluding carboxylic acids is 1. The van der Waals surface area contributed by atoms with Gasteiger partial charge >= 0.3 is 11.9 Å². The van der Waals surface area contributed by atoms with Crippen LogP contribution < -0.4 is 0 Å². The Bertz CT molecular complexity index is 759. The maximum absolute atomic E-state index is 12.0. The van der Waals surface area contributed by atoms with Crippen molar-refractivity contribution in [3.8, 4) is 0 Å². The highest BCUT2D eigenvalue weighted by molar-refractivity contribution is 5.89. The van der Waals surface area contributed by atoms with E-state index in [4.69, 9.17) is 4.74 Å². The van der Waals surface area contributed by atoms with Crippen molar-refractivity contribution < 1.29 is 19.4 Å². The lowest BCUT2D eigenvalue weighted by molar-refractivity contribution is -0.148. The van der Waals surface area contributed by atoms with Crippen LogP contribution in [0.25, 0.3) is 10.9 Å². The highest BCUT2D eigenvalue weighted by Crippen LogP contribution is 2.32. The average Bonchev–Trinajstić information content (AvgIpc) is 2.97. The van der Waals surface area contributed by atoms with Crippen LogP contribution in [0.4, 0.5) is 0 Å². The Balaban J connectivity index is 1.87. The van der Waals surface area contributed by atoms with Gasteiger partial charge in [-0.15, -0.1) is 0 Å². The van der Waals surface area contributed by atoms with Gasteiger partial charge in [0.2, 0.25) is 0 Å². The van der Waals surface area contributed by atoms with Crippen molar-refractivity contribution in [1.29, 1.82) is 0 Å². The highest BCUT2D eigenvalue weighted by atomic mass is 16.5. The Morgan fingerprint density at radius 1 is 1.33 bits per heavy atom. The number of fused-ring (bicyclic) bond motifs is 1. The number of H-pyrrole nitrogens is 1. The molecule has 0 radical (unpaired) electrons. The third-order valence-electron chi connectivity index (χ3n) is 4.83. The Morgan fingerprint density at radius 3 is 2.67 bits per heavy atom. The minimum absolute atomic E-state index is 0.133. The van der Waals surface area contributed by atoms with Crippen molar-refractivity contribution >= 4 is 22.8 Å². The SMILES string of the molecule is COC(=O)C1CCN(C(C(=O)O)c2c[nH]c3ccc(C)cc23)CC1. The number of esters is 1. The van der Waals surface area contributed by atoms with Gasteiger partial charge in [0.1, 0.15) is 6.04 Å². The van der Waals surface area contributed by atoms with Crippen LogP contribution >= 0.6 is 0 Å². The fourth-order valence-corrected chi connectivity index (χ4v) is 3.53. The van der Waals surface area contributed by atoms with E-state index in [1.165, 1.54) is 7.11 Å². The quantitative estimate of drug-likeness (QED) is 0.842. The molecule has 0 saturated carbocycles. The van der Waals surface area contributed by atoms with Crippen molar-refractivity contribution in [3.05, 3.63) is 35.5 Å². The van der Waals surface area contributed by atoms with Crippen LogP contribution in [0.5, 0.6) is 0 Å². The molecule has 6 heteroatoms. The molecule has 0 spiro atoms. The third kappa shape index (κ3) is 3.01. The summed E-state index contributed by atoms with van der Waals surface area (Å²) in [6.45, 7) is 3.12. The number of aromatic nitrogens is 1. The second kappa shape index (κ2) is 6.65. The minimum atomic E-state index is -0.867. The standard InChI is InChI=1S/C18H22N2O4/c1-11-3-4-15-13(9-11)14(10-19-15)16(17(21)22)20-7-5-12(6-8-20)18(23)24-2/h3-4,9-10,12,16,19H,5-8H2,1-2H3,(H,21,22). The Morgan fingerprint density at radius 2 is 2.04 bits per heavy atom. The summed E-state index contributed by atoms with van der Waals surface area (Å²) in [5, 5.41) is 10.7. The number of nitrogens with one attached hydrogen (secondary N) is 1. The van der Waals surface area contributed by atoms with Gasteiger partial charge in [-0.25, -0.2) is 0 Å². The first-order chi connectivity index (χ1) is 11.5. The van der Waals surface area contributed by atoms with Crippen LogP contribution in [0.2, 0.25) is 0 Å². The zero-order valence-corrected chi connectivity index (χ0v) is 13.9. The number of likely N-dealkylation sites (tertiary alicyclic amines) is 1. The lowest BCUT2D eigenvalue weighted by atomic mass is 9.94. The summed E-state index contributed by atoms with van der Waals surface area (Å²) in [6, 6.07) is 5.27. The van der Waals surface area contributed by atoms with Gasteiger partial charge in [-0.1, -0.05) is 11.6 Å². The second-order valence-corrected chi connectivity index (χ2v) is 6.37. The predicted octanol–water partition coefficient (Wildman–Crippen LogP) is 2.49. The number of ether oxygens (including phenoxy) is 1. The van der Waals surface area contributed by atoms with E-state index in [2.05, 4.69) is 4.98 Å². The molecule has 0 aliphatic carbocycles. The second-order valence-electron chi connectivity index (χ2n) is 6.37. The molecule has 1 saturated heterocycles. The largest absolute Gasteiger partial charge is 0.480 e. The summed E-state index contributed by atoms with van der Waals surface area (Å²) < 4.78 is 4.80. The number of nitrogens with zero attached hydrogens (tertiary/aromatic N) is 1. The summed E-state index contributed by atoms with van der Waals surface area (Å²) in [5.74, 6) is -1.20. The van der Waals surface area contributed by atoms with Crippen molar-refractivity contribution in [2.24, 2.45) is 5.92 Å². The number of hydrogen-bond acceptors (Lipinski definition) is 4. The molecule has 2 heterocycles. The van der Waals surface area contributed by atoms with E-state index in [9.17, 15) is 14.7 Å². The number of benzene rings is 1. The molecule has 2 aromatic rings. The summed E-state index contributed by atoms with van der Waals surface area (Å²) >= 11 is 0. The van der Waals surface area contributed by atoms with E-state index in [1.807, 2.05) is 30.0 Å².